The number of aryl methyl sites for hydroxylation is 1. The third-order valence-electron chi connectivity index (χ3n) is 3.62. The normalized spacial score (nSPS) is 20.4. The van der Waals surface area contributed by atoms with E-state index in [1.165, 1.54) is 24.2 Å². The first-order chi connectivity index (χ1) is 8.10. The van der Waals surface area contributed by atoms with Crippen LogP contribution >= 0.6 is 12.4 Å². The topological polar surface area (TPSA) is 33.1 Å². The molecule has 1 atom stereocenters. The van der Waals surface area contributed by atoms with Crippen molar-refractivity contribution in [2.45, 2.75) is 45.8 Å². The lowest BCUT2D eigenvalue weighted by Crippen LogP contribution is -2.29. The maximum atomic E-state index is 4.57. The zero-order valence-electron chi connectivity index (χ0n) is 11.8. The largest absolute Gasteiger partial charge is 0.316 e. The molecule has 1 unspecified atom stereocenters. The number of hydrogen-bond donors (Lipinski definition) is 1. The highest BCUT2D eigenvalue weighted by atomic mass is 35.5. The summed E-state index contributed by atoms with van der Waals surface area (Å²) >= 11 is 0. The molecule has 1 aliphatic heterocycles. The van der Waals surface area contributed by atoms with Crippen LogP contribution in [0.4, 0.5) is 0 Å². The van der Waals surface area contributed by atoms with Crippen LogP contribution < -0.4 is 5.32 Å². The van der Waals surface area contributed by atoms with Gasteiger partial charge in [0, 0.05) is 43.5 Å². The molecule has 0 saturated carbocycles. The zero-order valence-corrected chi connectivity index (χ0v) is 12.6. The number of aromatic nitrogens is 2. The van der Waals surface area contributed by atoms with Gasteiger partial charge >= 0.3 is 0 Å². The fourth-order valence-corrected chi connectivity index (χ4v) is 2.39. The zero-order chi connectivity index (χ0) is 12.4. The number of halogens is 1. The summed E-state index contributed by atoms with van der Waals surface area (Å²) in [6, 6.07) is 1.11. The van der Waals surface area contributed by atoms with Gasteiger partial charge in [-0.25, -0.2) is 0 Å². The lowest BCUT2D eigenvalue weighted by Gasteiger charge is -2.15. The molecule has 2 rings (SSSR count). The summed E-state index contributed by atoms with van der Waals surface area (Å²) in [6.45, 7) is 9.84. The molecule has 0 radical (unpaired) electrons. The van der Waals surface area contributed by atoms with Gasteiger partial charge in [-0.3, -0.25) is 9.58 Å². The van der Waals surface area contributed by atoms with E-state index in [-0.39, 0.29) is 12.4 Å². The fraction of sp³-hybridized carbons (Fsp3) is 0.769. The monoisotopic (exact) mass is 272 g/mol. The Bertz CT molecular complexity index is 375. The second-order valence-electron chi connectivity index (χ2n) is 5.32. The third kappa shape index (κ3) is 3.46. The van der Waals surface area contributed by atoms with Crippen LogP contribution in [0.5, 0.6) is 0 Å². The Labute approximate surface area is 116 Å². The smallest absolute Gasteiger partial charge is 0.0638 e. The van der Waals surface area contributed by atoms with Crippen molar-refractivity contribution < 1.29 is 0 Å². The molecule has 0 aliphatic carbocycles. The number of rotatable bonds is 4. The maximum absolute atomic E-state index is 4.57. The molecule has 1 aromatic rings. The molecule has 0 bridgehead atoms. The Morgan fingerprint density at radius 3 is 2.72 bits per heavy atom. The van der Waals surface area contributed by atoms with Crippen LogP contribution in [0.15, 0.2) is 6.20 Å². The second kappa shape index (κ2) is 6.55. The third-order valence-corrected chi connectivity index (χ3v) is 3.62. The van der Waals surface area contributed by atoms with Crippen LogP contribution in [-0.4, -0.2) is 40.9 Å². The van der Waals surface area contributed by atoms with Crippen LogP contribution in [0.3, 0.4) is 0 Å². The molecular formula is C13H25ClN4. The summed E-state index contributed by atoms with van der Waals surface area (Å²) in [7, 11) is 2.05. The van der Waals surface area contributed by atoms with E-state index in [9.17, 15) is 0 Å². The van der Waals surface area contributed by atoms with Crippen LogP contribution in [0.1, 0.15) is 37.6 Å². The minimum absolute atomic E-state index is 0. The molecule has 2 heterocycles. The minimum Gasteiger partial charge on any atom is -0.316 e. The Balaban J connectivity index is 0.00000162. The van der Waals surface area contributed by atoms with Crippen LogP contribution in [0.25, 0.3) is 0 Å². The van der Waals surface area contributed by atoms with Crippen molar-refractivity contribution in [2.75, 3.05) is 20.1 Å². The summed E-state index contributed by atoms with van der Waals surface area (Å²) in [5, 5.41) is 7.92. The van der Waals surface area contributed by atoms with Gasteiger partial charge in [-0.15, -0.1) is 12.4 Å². The molecule has 0 amide bonds. The molecule has 1 N–H and O–H groups in total. The lowest BCUT2D eigenvalue weighted by atomic mass is 10.2. The van der Waals surface area contributed by atoms with Crippen LogP contribution in [-0.2, 0) is 6.54 Å². The average molecular weight is 273 g/mol. The summed E-state index contributed by atoms with van der Waals surface area (Å²) < 4.78 is 2.07. The summed E-state index contributed by atoms with van der Waals surface area (Å²) in [5.74, 6) is 0. The first-order valence-corrected chi connectivity index (χ1v) is 6.54. The molecule has 1 fully saturated rings. The van der Waals surface area contributed by atoms with Crippen molar-refractivity contribution >= 4 is 12.4 Å². The molecule has 1 aromatic heterocycles. The van der Waals surface area contributed by atoms with Gasteiger partial charge in [-0.05, 0) is 34.2 Å². The van der Waals surface area contributed by atoms with E-state index < -0.39 is 0 Å². The number of nitrogens with zero attached hydrogens (tertiary/aromatic N) is 3. The fourth-order valence-electron chi connectivity index (χ4n) is 2.39. The van der Waals surface area contributed by atoms with E-state index in [2.05, 4.69) is 54.0 Å². The van der Waals surface area contributed by atoms with Crippen LogP contribution in [0, 0.1) is 6.92 Å². The highest BCUT2D eigenvalue weighted by Crippen LogP contribution is 2.16. The van der Waals surface area contributed by atoms with Gasteiger partial charge in [0.1, 0.15) is 0 Å². The van der Waals surface area contributed by atoms with E-state index in [0.29, 0.717) is 12.1 Å². The first kappa shape index (κ1) is 15.5. The highest BCUT2D eigenvalue weighted by molar-refractivity contribution is 5.85. The van der Waals surface area contributed by atoms with Crippen molar-refractivity contribution in [1.82, 2.24) is 20.0 Å². The number of likely N-dealkylation sites (tertiary alicyclic amines) is 1. The van der Waals surface area contributed by atoms with Gasteiger partial charge in [0.15, 0.2) is 0 Å². The van der Waals surface area contributed by atoms with E-state index in [0.717, 1.165) is 13.1 Å². The molecule has 0 spiro atoms. The Morgan fingerprint density at radius 1 is 1.50 bits per heavy atom. The molecule has 0 aromatic carbocycles. The SMILES string of the molecule is CNC1CCN(Cc2cn(C(C)C)nc2C)C1.Cl. The molecule has 104 valence electrons. The van der Waals surface area contributed by atoms with Gasteiger partial charge < -0.3 is 5.32 Å². The molecule has 1 aliphatic rings. The lowest BCUT2D eigenvalue weighted by molar-refractivity contribution is 0.321. The van der Waals surface area contributed by atoms with Gasteiger partial charge in [-0.1, -0.05) is 0 Å². The Kier molecular flexibility index (Phi) is 5.63. The number of nitrogens with one attached hydrogen (secondary N) is 1. The molecule has 4 nitrogen and oxygen atoms in total. The Hall–Kier alpha value is -0.580. The summed E-state index contributed by atoms with van der Waals surface area (Å²) in [4.78, 5) is 2.51. The predicted octanol–water partition coefficient (Wildman–Crippen LogP) is 1.99. The summed E-state index contributed by atoms with van der Waals surface area (Å²) in [5.41, 5.74) is 2.54. The highest BCUT2D eigenvalue weighted by Gasteiger charge is 2.22. The van der Waals surface area contributed by atoms with Gasteiger partial charge in [0.25, 0.3) is 0 Å². The van der Waals surface area contributed by atoms with E-state index in [1.807, 2.05) is 0 Å². The van der Waals surface area contributed by atoms with Crippen molar-refractivity contribution in [1.29, 1.82) is 0 Å². The quantitative estimate of drug-likeness (QED) is 0.910. The van der Waals surface area contributed by atoms with E-state index >= 15 is 0 Å². The molecule has 5 heteroatoms. The van der Waals surface area contributed by atoms with Crippen molar-refractivity contribution in [3.8, 4) is 0 Å². The molecule has 1 saturated heterocycles. The van der Waals surface area contributed by atoms with Crippen molar-refractivity contribution in [3.63, 3.8) is 0 Å². The number of likely N-dealkylation sites (N-methyl/N-ethyl adjacent to an activating group) is 1. The van der Waals surface area contributed by atoms with Crippen molar-refractivity contribution in [3.05, 3.63) is 17.5 Å². The minimum atomic E-state index is 0. The van der Waals surface area contributed by atoms with Gasteiger partial charge in [0.05, 0.1) is 5.69 Å². The molecular weight excluding hydrogens is 248 g/mol. The standard InChI is InChI=1S/C13H24N4.ClH/c1-10(2)17-8-12(11(3)15-17)7-16-6-5-13(9-16)14-4;/h8,10,13-14H,5-7,9H2,1-4H3;1H. The second-order valence-corrected chi connectivity index (χ2v) is 5.32. The van der Waals surface area contributed by atoms with Crippen molar-refractivity contribution in [2.24, 2.45) is 0 Å². The first-order valence-electron chi connectivity index (χ1n) is 6.54. The van der Waals surface area contributed by atoms with E-state index in [1.54, 1.807) is 0 Å². The van der Waals surface area contributed by atoms with Gasteiger partial charge in [0.2, 0.25) is 0 Å². The predicted molar refractivity (Wildman–Crippen MR) is 77.3 cm³/mol. The summed E-state index contributed by atoms with van der Waals surface area (Å²) in [6.07, 6.45) is 3.46. The van der Waals surface area contributed by atoms with Gasteiger partial charge in [-0.2, -0.15) is 5.10 Å². The van der Waals surface area contributed by atoms with Crippen LogP contribution in [0.2, 0.25) is 0 Å². The maximum Gasteiger partial charge on any atom is 0.0638 e. The molecule has 18 heavy (non-hydrogen) atoms. The number of hydrogen-bond acceptors (Lipinski definition) is 3. The Morgan fingerprint density at radius 2 is 2.22 bits per heavy atom. The van der Waals surface area contributed by atoms with E-state index in [4.69, 9.17) is 0 Å². The average Bonchev–Trinajstić information content (AvgIpc) is 2.87.